The largest absolute Gasteiger partial charge is 0.456 e. The molecular formula is C21H19NO5S. The molecule has 1 aliphatic rings. The molecule has 1 aliphatic heterocycles. The van der Waals surface area contributed by atoms with E-state index in [1.165, 1.54) is 6.07 Å². The van der Waals surface area contributed by atoms with Crippen molar-refractivity contribution in [1.29, 1.82) is 0 Å². The second kappa shape index (κ2) is 6.91. The van der Waals surface area contributed by atoms with E-state index in [4.69, 9.17) is 4.42 Å². The lowest BCUT2D eigenvalue weighted by molar-refractivity contribution is 0.0941. The van der Waals surface area contributed by atoms with Gasteiger partial charge in [-0.3, -0.25) is 9.59 Å². The molecule has 1 saturated heterocycles. The van der Waals surface area contributed by atoms with Crippen LogP contribution >= 0.6 is 0 Å². The average molecular weight is 397 g/mol. The van der Waals surface area contributed by atoms with Gasteiger partial charge < -0.3 is 9.73 Å². The molecule has 0 bridgehead atoms. The number of fused-ring (bicyclic) bond motifs is 1. The number of carbonyl (C=O) groups is 1. The van der Waals surface area contributed by atoms with Gasteiger partial charge in [-0.2, -0.15) is 0 Å². The minimum Gasteiger partial charge on any atom is -0.456 e. The van der Waals surface area contributed by atoms with Crippen LogP contribution in [0.3, 0.4) is 0 Å². The first-order valence-corrected chi connectivity index (χ1v) is 10.8. The van der Waals surface area contributed by atoms with Gasteiger partial charge in [-0.25, -0.2) is 8.42 Å². The molecule has 1 N–H and O–H groups in total. The Bertz CT molecular complexity index is 1230. The maximum atomic E-state index is 12.4. The molecule has 0 radical (unpaired) electrons. The van der Waals surface area contributed by atoms with Crippen molar-refractivity contribution in [2.75, 3.05) is 11.5 Å². The van der Waals surface area contributed by atoms with Gasteiger partial charge in [0.2, 0.25) is 0 Å². The topological polar surface area (TPSA) is 93.4 Å². The molecule has 0 spiro atoms. The number of carbonyl (C=O) groups excluding carboxylic acids is 1. The highest BCUT2D eigenvalue weighted by Crippen LogP contribution is 2.23. The molecule has 3 aromatic rings. The van der Waals surface area contributed by atoms with E-state index < -0.39 is 9.84 Å². The first-order chi connectivity index (χ1) is 13.3. The maximum Gasteiger partial charge on any atom is 0.251 e. The Hall–Kier alpha value is -2.93. The number of sulfone groups is 1. The van der Waals surface area contributed by atoms with Gasteiger partial charge >= 0.3 is 0 Å². The third-order valence-corrected chi connectivity index (χ3v) is 6.65. The second-order valence-electron chi connectivity index (χ2n) is 7.13. The van der Waals surface area contributed by atoms with Crippen LogP contribution in [0, 0.1) is 6.92 Å². The molecule has 1 fully saturated rings. The van der Waals surface area contributed by atoms with E-state index in [0.717, 1.165) is 5.56 Å². The van der Waals surface area contributed by atoms with Gasteiger partial charge in [-0.1, -0.05) is 23.8 Å². The summed E-state index contributed by atoms with van der Waals surface area (Å²) in [5, 5.41) is 3.29. The van der Waals surface area contributed by atoms with Gasteiger partial charge in [0.1, 0.15) is 11.3 Å². The SMILES string of the molecule is Cc1ccc2oc(-c3ccc(C(=O)NC4CCS(=O)(=O)C4)cc3)cc(=O)c2c1. The molecule has 1 atom stereocenters. The van der Waals surface area contributed by atoms with Crippen molar-refractivity contribution in [2.45, 2.75) is 19.4 Å². The van der Waals surface area contributed by atoms with Crippen molar-refractivity contribution in [1.82, 2.24) is 5.32 Å². The van der Waals surface area contributed by atoms with E-state index >= 15 is 0 Å². The zero-order chi connectivity index (χ0) is 19.9. The smallest absolute Gasteiger partial charge is 0.251 e. The fraction of sp³-hybridized carbons (Fsp3) is 0.238. The van der Waals surface area contributed by atoms with Crippen LogP contribution in [0.5, 0.6) is 0 Å². The van der Waals surface area contributed by atoms with E-state index in [2.05, 4.69) is 5.32 Å². The Morgan fingerprint density at radius 1 is 1.11 bits per heavy atom. The van der Waals surface area contributed by atoms with E-state index in [-0.39, 0.29) is 28.9 Å². The van der Waals surface area contributed by atoms with E-state index in [1.54, 1.807) is 36.4 Å². The van der Waals surface area contributed by atoms with Gasteiger partial charge in [0.05, 0.1) is 16.9 Å². The van der Waals surface area contributed by atoms with Crippen molar-refractivity contribution in [2.24, 2.45) is 0 Å². The Morgan fingerprint density at radius 3 is 2.54 bits per heavy atom. The van der Waals surface area contributed by atoms with E-state index in [9.17, 15) is 18.0 Å². The van der Waals surface area contributed by atoms with Gasteiger partial charge in [-0.15, -0.1) is 0 Å². The van der Waals surface area contributed by atoms with Crippen LogP contribution in [0.4, 0.5) is 0 Å². The molecule has 144 valence electrons. The molecule has 7 heteroatoms. The van der Waals surface area contributed by atoms with Crippen molar-refractivity contribution < 1.29 is 17.6 Å². The first-order valence-electron chi connectivity index (χ1n) is 8.97. The van der Waals surface area contributed by atoms with Crippen LogP contribution in [0.2, 0.25) is 0 Å². The molecule has 28 heavy (non-hydrogen) atoms. The molecule has 0 aliphatic carbocycles. The maximum absolute atomic E-state index is 12.4. The lowest BCUT2D eigenvalue weighted by Gasteiger charge is -2.11. The second-order valence-corrected chi connectivity index (χ2v) is 9.35. The number of benzene rings is 2. The highest BCUT2D eigenvalue weighted by atomic mass is 32.2. The standard InChI is InChI=1S/C21H19NO5S/c1-13-2-7-19-17(10-13)18(23)11-20(27-19)14-3-5-15(6-4-14)21(24)22-16-8-9-28(25,26)12-16/h2-7,10-11,16H,8-9,12H2,1H3,(H,22,24). The van der Waals surface area contributed by atoms with E-state index in [0.29, 0.717) is 34.3 Å². The molecule has 2 aromatic carbocycles. The molecule has 1 amide bonds. The minimum absolute atomic E-state index is 0.0153. The summed E-state index contributed by atoms with van der Waals surface area (Å²) in [5.41, 5.74) is 2.48. The van der Waals surface area contributed by atoms with Crippen LogP contribution in [0.1, 0.15) is 22.3 Å². The van der Waals surface area contributed by atoms with Crippen LogP contribution in [0.15, 0.2) is 57.7 Å². The zero-order valence-electron chi connectivity index (χ0n) is 15.3. The van der Waals surface area contributed by atoms with Gasteiger partial charge in [-0.05, 0) is 37.6 Å². The predicted molar refractivity (Wildman–Crippen MR) is 107 cm³/mol. The number of hydrogen-bond donors (Lipinski definition) is 1. The molecule has 1 aromatic heterocycles. The fourth-order valence-electron chi connectivity index (χ4n) is 3.38. The number of hydrogen-bond acceptors (Lipinski definition) is 5. The summed E-state index contributed by atoms with van der Waals surface area (Å²) in [6.45, 7) is 1.91. The molecule has 2 heterocycles. The van der Waals surface area contributed by atoms with Crippen LogP contribution in [0.25, 0.3) is 22.3 Å². The zero-order valence-corrected chi connectivity index (χ0v) is 16.1. The minimum atomic E-state index is -3.05. The van der Waals surface area contributed by atoms with Crippen molar-refractivity contribution >= 4 is 26.7 Å². The van der Waals surface area contributed by atoms with Gasteiger partial charge in [0, 0.05) is 23.2 Å². The highest BCUT2D eigenvalue weighted by Gasteiger charge is 2.29. The summed E-state index contributed by atoms with van der Waals surface area (Å²) in [7, 11) is -3.05. The monoisotopic (exact) mass is 397 g/mol. The third kappa shape index (κ3) is 3.71. The number of rotatable bonds is 3. The van der Waals surface area contributed by atoms with Crippen molar-refractivity contribution in [3.05, 3.63) is 69.9 Å². The summed E-state index contributed by atoms with van der Waals surface area (Å²) < 4.78 is 28.9. The predicted octanol–water partition coefficient (Wildman–Crippen LogP) is 2.69. The normalized spacial score (nSPS) is 18.2. The van der Waals surface area contributed by atoms with Crippen LogP contribution in [-0.2, 0) is 9.84 Å². The quantitative estimate of drug-likeness (QED) is 0.733. The Kier molecular flexibility index (Phi) is 4.55. The van der Waals surface area contributed by atoms with Crippen molar-refractivity contribution in [3.63, 3.8) is 0 Å². The summed E-state index contributed by atoms with van der Waals surface area (Å²) in [6, 6.07) is 13.2. The third-order valence-electron chi connectivity index (χ3n) is 4.88. The fourth-order valence-corrected chi connectivity index (χ4v) is 5.05. The Morgan fingerprint density at radius 2 is 1.86 bits per heavy atom. The Labute approximate surface area is 162 Å². The van der Waals surface area contributed by atoms with Gasteiger partial charge in [0.15, 0.2) is 15.3 Å². The Balaban J connectivity index is 1.56. The summed E-state index contributed by atoms with van der Waals surface area (Å²) in [5.74, 6) is 0.204. The van der Waals surface area contributed by atoms with Crippen LogP contribution in [-0.4, -0.2) is 31.9 Å². The number of amides is 1. The number of aryl methyl sites for hydroxylation is 1. The van der Waals surface area contributed by atoms with Gasteiger partial charge in [0.25, 0.3) is 5.91 Å². The molecule has 4 rings (SSSR count). The molecule has 0 saturated carbocycles. The van der Waals surface area contributed by atoms with Crippen molar-refractivity contribution in [3.8, 4) is 11.3 Å². The first kappa shape index (κ1) is 18.4. The lowest BCUT2D eigenvalue weighted by Crippen LogP contribution is -2.35. The lowest BCUT2D eigenvalue weighted by atomic mass is 10.1. The average Bonchev–Trinajstić information content (AvgIpc) is 3.00. The molecular weight excluding hydrogens is 378 g/mol. The number of nitrogens with one attached hydrogen (secondary N) is 1. The van der Waals surface area contributed by atoms with Crippen LogP contribution < -0.4 is 10.7 Å². The summed E-state index contributed by atoms with van der Waals surface area (Å²) >= 11 is 0. The summed E-state index contributed by atoms with van der Waals surface area (Å²) in [4.78, 5) is 24.7. The highest BCUT2D eigenvalue weighted by molar-refractivity contribution is 7.91. The molecule has 6 nitrogen and oxygen atoms in total. The molecule has 1 unspecified atom stereocenters. The van der Waals surface area contributed by atoms with E-state index in [1.807, 2.05) is 13.0 Å². The summed E-state index contributed by atoms with van der Waals surface area (Å²) in [6.07, 6.45) is 0.438.